The van der Waals surface area contributed by atoms with Crippen molar-refractivity contribution in [1.82, 2.24) is 0 Å². The summed E-state index contributed by atoms with van der Waals surface area (Å²) in [6, 6.07) is 0. The van der Waals surface area contributed by atoms with Crippen LogP contribution in [0.25, 0.3) is 9.69 Å². The molecule has 0 bridgehead atoms. The second kappa shape index (κ2) is 5.24. The third-order valence-electron chi connectivity index (χ3n) is 9.29. The maximum absolute atomic E-state index is 7.94. The van der Waals surface area contributed by atoms with Crippen molar-refractivity contribution in [3.63, 3.8) is 0 Å². The highest BCUT2D eigenvalue weighted by Crippen LogP contribution is 2.66. The summed E-state index contributed by atoms with van der Waals surface area (Å²) in [4.78, 5) is 8.40. The molecule has 4 fully saturated rings. The molecule has 4 saturated carbocycles. The normalized spacial score (nSPS) is 58.9. The predicted octanol–water partition coefficient (Wildman–Crippen LogP) is 5.71. The first-order chi connectivity index (χ1) is 11.4. The maximum Gasteiger partial charge on any atom is 0.235 e. The van der Waals surface area contributed by atoms with Crippen molar-refractivity contribution in [2.75, 3.05) is 0 Å². The average Bonchev–Trinajstić information content (AvgIpc) is 2.58. The minimum atomic E-state index is -0.163. The van der Waals surface area contributed by atoms with Gasteiger partial charge in [-0.15, -0.1) is 0 Å². The first-order valence-corrected chi connectivity index (χ1v) is 10.1. The van der Waals surface area contributed by atoms with E-state index in [4.69, 9.17) is 13.1 Å². The molecule has 10 atom stereocenters. The lowest BCUT2D eigenvalue weighted by molar-refractivity contribution is -0.138. The molecule has 0 aliphatic heterocycles. The van der Waals surface area contributed by atoms with Crippen LogP contribution >= 0.6 is 0 Å². The van der Waals surface area contributed by atoms with Gasteiger partial charge in [-0.05, 0) is 61.7 Å². The molecule has 0 unspecified atom stereocenters. The smallest absolute Gasteiger partial charge is 0.235 e. The summed E-state index contributed by atoms with van der Waals surface area (Å²) in [5, 5.41) is 0. The van der Waals surface area contributed by atoms with E-state index in [2.05, 4.69) is 37.4 Å². The lowest BCUT2D eigenvalue weighted by Gasteiger charge is -2.62. The Morgan fingerprint density at radius 1 is 0.875 bits per heavy atom. The van der Waals surface area contributed by atoms with Crippen molar-refractivity contribution in [3.05, 3.63) is 22.8 Å². The second-order valence-corrected chi connectivity index (χ2v) is 10.1. The van der Waals surface area contributed by atoms with Crippen molar-refractivity contribution in [1.29, 1.82) is 0 Å². The molecular weight excluding hydrogens is 292 g/mol. The zero-order valence-corrected chi connectivity index (χ0v) is 15.8. The zero-order valence-electron chi connectivity index (χ0n) is 15.8. The fourth-order valence-corrected chi connectivity index (χ4v) is 7.87. The van der Waals surface area contributed by atoms with Crippen LogP contribution in [0.5, 0.6) is 0 Å². The van der Waals surface area contributed by atoms with Crippen LogP contribution in [0, 0.1) is 60.5 Å². The molecular formula is C22H32N2. The molecule has 0 N–H and O–H groups in total. The summed E-state index contributed by atoms with van der Waals surface area (Å²) in [5.74, 6) is 5.58. The largest absolute Gasteiger partial charge is 0.310 e. The molecule has 2 nitrogen and oxygen atoms in total. The molecule has 4 rings (SSSR count). The second-order valence-electron chi connectivity index (χ2n) is 10.1. The Labute approximate surface area is 148 Å². The topological polar surface area (TPSA) is 8.72 Å². The van der Waals surface area contributed by atoms with Crippen molar-refractivity contribution < 1.29 is 0 Å². The van der Waals surface area contributed by atoms with E-state index in [-0.39, 0.29) is 11.1 Å². The van der Waals surface area contributed by atoms with Gasteiger partial charge in [-0.2, -0.15) is 0 Å². The molecule has 0 aromatic carbocycles. The highest BCUT2D eigenvalue weighted by Gasteiger charge is 2.67. The molecule has 0 spiro atoms. The van der Waals surface area contributed by atoms with E-state index < -0.39 is 0 Å². The minimum absolute atomic E-state index is 0.134. The van der Waals surface area contributed by atoms with E-state index in [1.807, 2.05) is 0 Å². The first-order valence-electron chi connectivity index (χ1n) is 10.1. The molecule has 0 saturated heterocycles. The molecule has 0 amide bonds. The van der Waals surface area contributed by atoms with Crippen LogP contribution in [0.15, 0.2) is 0 Å². The number of hydrogen-bond acceptors (Lipinski definition) is 0. The van der Waals surface area contributed by atoms with Crippen molar-refractivity contribution in [3.8, 4) is 0 Å². The third-order valence-corrected chi connectivity index (χ3v) is 9.29. The summed E-state index contributed by atoms with van der Waals surface area (Å²) in [7, 11) is 0. The van der Waals surface area contributed by atoms with E-state index in [0.29, 0.717) is 17.8 Å². The van der Waals surface area contributed by atoms with E-state index in [0.717, 1.165) is 36.0 Å². The van der Waals surface area contributed by atoms with Crippen LogP contribution in [0.2, 0.25) is 0 Å². The fourth-order valence-electron chi connectivity index (χ4n) is 7.87. The Morgan fingerprint density at radius 2 is 1.58 bits per heavy atom. The van der Waals surface area contributed by atoms with Crippen LogP contribution in [0.1, 0.15) is 66.2 Å². The molecule has 4 aliphatic rings. The van der Waals surface area contributed by atoms with Gasteiger partial charge in [0.2, 0.25) is 11.1 Å². The number of hydrogen-bond donors (Lipinski definition) is 0. The van der Waals surface area contributed by atoms with Crippen molar-refractivity contribution in [2.45, 2.75) is 77.3 Å². The summed E-state index contributed by atoms with van der Waals surface area (Å²) < 4.78 is 0. The van der Waals surface area contributed by atoms with Gasteiger partial charge < -0.3 is 9.69 Å². The van der Waals surface area contributed by atoms with E-state index >= 15 is 0 Å². The van der Waals surface area contributed by atoms with Gasteiger partial charge in [-0.25, -0.2) is 13.1 Å². The molecule has 2 heteroatoms. The summed E-state index contributed by atoms with van der Waals surface area (Å²) >= 11 is 0. The Bertz CT molecular complexity index is 612. The Kier molecular flexibility index (Phi) is 3.59. The van der Waals surface area contributed by atoms with Gasteiger partial charge in [-0.3, -0.25) is 0 Å². The monoisotopic (exact) mass is 324 g/mol. The van der Waals surface area contributed by atoms with Crippen molar-refractivity contribution in [2.24, 2.45) is 47.3 Å². The highest BCUT2D eigenvalue weighted by atomic mass is 14.9. The molecule has 24 heavy (non-hydrogen) atoms. The quantitative estimate of drug-likeness (QED) is 0.505. The maximum atomic E-state index is 7.94. The lowest BCUT2D eigenvalue weighted by Crippen LogP contribution is -2.62. The van der Waals surface area contributed by atoms with Crippen LogP contribution in [-0.2, 0) is 0 Å². The molecule has 0 radical (unpaired) electrons. The van der Waals surface area contributed by atoms with Gasteiger partial charge in [0.05, 0.1) is 0 Å². The Hall–Kier alpha value is -1.02. The number of rotatable bonds is 0. The highest BCUT2D eigenvalue weighted by molar-refractivity contribution is 5.19. The minimum Gasteiger partial charge on any atom is -0.310 e. The first kappa shape index (κ1) is 16.4. The van der Waals surface area contributed by atoms with Crippen LogP contribution in [0.4, 0.5) is 0 Å². The molecule has 0 heterocycles. The summed E-state index contributed by atoms with van der Waals surface area (Å²) in [6.45, 7) is 25.1. The van der Waals surface area contributed by atoms with Gasteiger partial charge in [0.15, 0.2) is 0 Å². The average molecular weight is 325 g/mol. The summed E-state index contributed by atoms with van der Waals surface area (Å²) in [6.07, 6.45) is 7.36. The molecule has 0 aromatic heterocycles. The van der Waals surface area contributed by atoms with Crippen LogP contribution in [-0.4, -0.2) is 11.1 Å². The third kappa shape index (κ3) is 1.92. The predicted molar refractivity (Wildman–Crippen MR) is 97.0 cm³/mol. The fraction of sp³-hybridized carbons (Fsp3) is 0.909. The lowest BCUT2D eigenvalue weighted by atomic mass is 9.40. The zero-order chi connectivity index (χ0) is 17.3. The van der Waals surface area contributed by atoms with Crippen LogP contribution < -0.4 is 0 Å². The van der Waals surface area contributed by atoms with E-state index in [1.165, 1.54) is 32.1 Å². The van der Waals surface area contributed by atoms with Crippen molar-refractivity contribution >= 4 is 0 Å². The molecule has 0 aromatic rings. The van der Waals surface area contributed by atoms with Gasteiger partial charge in [0.25, 0.3) is 0 Å². The van der Waals surface area contributed by atoms with Crippen LogP contribution in [0.3, 0.4) is 0 Å². The summed E-state index contributed by atoms with van der Waals surface area (Å²) in [5.41, 5.74) is -0.297. The van der Waals surface area contributed by atoms with Gasteiger partial charge in [0, 0.05) is 38.0 Å². The van der Waals surface area contributed by atoms with E-state index in [9.17, 15) is 0 Å². The van der Waals surface area contributed by atoms with Gasteiger partial charge in [-0.1, -0.05) is 13.8 Å². The molecule has 4 aliphatic carbocycles. The van der Waals surface area contributed by atoms with Gasteiger partial charge in [0.1, 0.15) is 0 Å². The standard InChI is InChI=1S/C22H32N2/c1-13-11-15-12-14(2)22(4,24-6)18-8-7-17-20(19(15)18)16(13)9-10-21(17,3)23-5/h13-20H,7-12H2,1-4H3/t13-,14+,15-,16+,17-,18-,19+,20+,21-,22+/m0/s1. The van der Waals surface area contributed by atoms with Gasteiger partial charge >= 0.3 is 0 Å². The van der Waals surface area contributed by atoms with E-state index in [1.54, 1.807) is 0 Å². The molecule has 130 valence electrons. The Morgan fingerprint density at radius 3 is 2.25 bits per heavy atom. The number of nitrogens with zero attached hydrogens (tertiary/aromatic N) is 2. The SMILES string of the molecule is [C-]#[N+][C@]1(C)[C@H](C)C[C@@H]2C[C@H](C)[C@H]3CC[C@](C)([N+]#[C-])[C@H]4CC[C@H]1[C@@H]2[C@H]34. The Balaban J connectivity index is 1.79.